The summed E-state index contributed by atoms with van der Waals surface area (Å²) >= 11 is 0. The second-order valence-corrected chi connectivity index (χ2v) is 6.26. The molecule has 0 aliphatic carbocycles. The summed E-state index contributed by atoms with van der Waals surface area (Å²) in [6.07, 6.45) is 0. The molecular weight excluding hydrogens is 302 g/mol. The Morgan fingerprint density at radius 1 is 1.08 bits per heavy atom. The van der Waals surface area contributed by atoms with Crippen LogP contribution in [0.15, 0.2) is 42.5 Å². The SMILES string of the molecule is Cc1cccc(C(=O)NCC(=O)Nc2ccc3c(c2)CN(C)C3)c1. The normalized spacial score (nSPS) is 13.4. The van der Waals surface area contributed by atoms with Crippen molar-refractivity contribution < 1.29 is 9.59 Å². The minimum atomic E-state index is -0.246. The van der Waals surface area contributed by atoms with Crippen LogP contribution in [0.3, 0.4) is 0 Å². The molecule has 0 aromatic heterocycles. The third-order valence-electron chi connectivity index (χ3n) is 4.06. The van der Waals surface area contributed by atoms with E-state index in [0.717, 1.165) is 24.3 Å². The molecular formula is C19H21N3O2. The highest BCUT2D eigenvalue weighted by Crippen LogP contribution is 2.24. The Hall–Kier alpha value is -2.66. The van der Waals surface area contributed by atoms with Gasteiger partial charge in [0.1, 0.15) is 0 Å². The second kappa shape index (κ2) is 6.84. The van der Waals surface area contributed by atoms with E-state index in [0.29, 0.717) is 5.56 Å². The van der Waals surface area contributed by atoms with Crippen molar-refractivity contribution in [2.75, 3.05) is 18.9 Å². The van der Waals surface area contributed by atoms with E-state index in [1.54, 1.807) is 12.1 Å². The van der Waals surface area contributed by atoms with Gasteiger partial charge in [0.25, 0.3) is 5.91 Å². The summed E-state index contributed by atoms with van der Waals surface area (Å²) in [5, 5.41) is 5.48. The van der Waals surface area contributed by atoms with Gasteiger partial charge < -0.3 is 10.6 Å². The summed E-state index contributed by atoms with van der Waals surface area (Å²) in [5.41, 5.74) is 4.86. The molecule has 2 aromatic carbocycles. The zero-order valence-electron chi connectivity index (χ0n) is 13.9. The molecule has 1 aliphatic heterocycles. The number of nitrogens with zero attached hydrogens (tertiary/aromatic N) is 1. The Morgan fingerprint density at radius 3 is 2.67 bits per heavy atom. The molecule has 0 fully saturated rings. The zero-order valence-corrected chi connectivity index (χ0v) is 13.9. The second-order valence-electron chi connectivity index (χ2n) is 6.26. The van der Waals surface area contributed by atoms with Crippen molar-refractivity contribution >= 4 is 17.5 Å². The molecule has 0 radical (unpaired) electrons. The largest absolute Gasteiger partial charge is 0.343 e. The van der Waals surface area contributed by atoms with Gasteiger partial charge >= 0.3 is 0 Å². The first-order valence-electron chi connectivity index (χ1n) is 7.96. The van der Waals surface area contributed by atoms with Gasteiger partial charge in [-0.15, -0.1) is 0 Å². The van der Waals surface area contributed by atoms with Crippen LogP contribution in [0.1, 0.15) is 27.0 Å². The average molecular weight is 323 g/mol. The lowest BCUT2D eigenvalue weighted by Gasteiger charge is -2.09. The first kappa shape index (κ1) is 16.2. The highest BCUT2D eigenvalue weighted by atomic mass is 16.2. The van der Waals surface area contributed by atoms with Crippen molar-refractivity contribution in [3.8, 4) is 0 Å². The van der Waals surface area contributed by atoms with Gasteiger partial charge in [0, 0.05) is 24.3 Å². The van der Waals surface area contributed by atoms with Crippen molar-refractivity contribution in [1.29, 1.82) is 0 Å². The van der Waals surface area contributed by atoms with Crippen LogP contribution in [0.5, 0.6) is 0 Å². The number of fused-ring (bicyclic) bond motifs is 1. The molecule has 3 rings (SSSR count). The summed E-state index contributed by atoms with van der Waals surface area (Å²) in [6.45, 7) is 3.71. The van der Waals surface area contributed by atoms with Gasteiger partial charge in [-0.25, -0.2) is 0 Å². The van der Waals surface area contributed by atoms with Gasteiger partial charge in [0.15, 0.2) is 0 Å². The fourth-order valence-corrected chi connectivity index (χ4v) is 2.90. The summed E-state index contributed by atoms with van der Waals surface area (Å²) in [6, 6.07) is 13.2. The lowest BCUT2D eigenvalue weighted by molar-refractivity contribution is -0.115. The molecule has 24 heavy (non-hydrogen) atoms. The Kier molecular flexibility index (Phi) is 4.62. The molecule has 2 N–H and O–H groups in total. The molecule has 0 saturated heterocycles. The highest BCUT2D eigenvalue weighted by molar-refractivity contribution is 5.99. The third kappa shape index (κ3) is 3.81. The van der Waals surface area contributed by atoms with Crippen molar-refractivity contribution in [3.63, 3.8) is 0 Å². The number of hydrogen-bond donors (Lipinski definition) is 2. The Bertz CT molecular complexity index is 786. The molecule has 1 heterocycles. The minimum absolute atomic E-state index is 0.0518. The van der Waals surface area contributed by atoms with E-state index in [-0.39, 0.29) is 18.4 Å². The maximum atomic E-state index is 12.0. The standard InChI is InChI=1S/C19H21N3O2/c1-13-4-3-5-14(8-13)19(24)20-10-18(23)21-17-7-6-15-11-22(2)12-16(15)9-17/h3-9H,10-12H2,1-2H3,(H,20,24)(H,21,23). The molecule has 2 aromatic rings. The smallest absolute Gasteiger partial charge is 0.251 e. The number of carbonyl (C=O) groups is 2. The van der Waals surface area contributed by atoms with Crippen LogP contribution in [-0.2, 0) is 17.9 Å². The van der Waals surface area contributed by atoms with Crippen molar-refractivity contribution in [2.24, 2.45) is 0 Å². The average Bonchev–Trinajstić information content (AvgIpc) is 2.92. The van der Waals surface area contributed by atoms with Gasteiger partial charge in [-0.2, -0.15) is 0 Å². The maximum absolute atomic E-state index is 12.0. The first-order chi connectivity index (χ1) is 11.5. The minimum Gasteiger partial charge on any atom is -0.343 e. The number of aryl methyl sites for hydroxylation is 1. The molecule has 2 amide bonds. The number of hydrogen-bond acceptors (Lipinski definition) is 3. The molecule has 0 unspecified atom stereocenters. The van der Waals surface area contributed by atoms with E-state index >= 15 is 0 Å². The lowest BCUT2D eigenvalue weighted by Crippen LogP contribution is -2.32. The van der Waals surface area contributed by atoms with Crippen LogP contribution < -0.4 is 10.6 Å². The van der Waals surface area contributed by atoms with Crippen molar-refractivity contribution in [3.05, 3.63) is 64.7 Å². The van der Waals surface area contributed by atoms with Crippen LogP contribution in [0.4, 0.5) is 5.69 Å². The molecule has 0 bridgehead atoms. The Labute approximate surface area is 141 Å². The summed E-state index contributed by atoms with van der Waals surface area (Å²) in [5.74, 6) is -0.480. The van der Waals surface area contributed by atoms with Crippen LogP contribution in [0.2, 0.25) is 0 Å². The highest BCUT2D eigenvalue weighted by Gasteiger charge is 2.16. The van der Waals surface area contributed by atoms with Gasteiger partial charge in [-0.05, 0) is 49.4 Å². The van der Waals surface area contributed by atoms with Crippen LogP contribution in [0, 0.1) is 6.92 Å². The molecule has 0 spiro atoms. The number of benzene rings is 2. The van der Waals surface area contributed by atoms with Crippen molar-refractivity contribution in [2.45, 2.75) is 20.0 Å². The predicted molar refractivity (Wildman–Crippen MR) is 93.8 cm³/mol. The maximum Gasteiger partial charge on any atom is 0.251 e. The van der Waals surface area contributed by atoms with Gasteiger partial charge in [0.05, 0.1) is 6.54 Å². The van der Waals surface area contributed by atoms with Crippen LogP contribution in [0.25, 0.3) is 0 Å². The number of carbonyl (C=O) groups excluding carboxylic acids is 2. The monoisotopic (exact) mass is 323 g/mol. The molecule has 1 aliphatic rings. The third-order valence-corrected chi connectivity index (χ3v) is 4.06. The predicted octanol–water partition coefficient (Wildman–Crippen LogP) is 2.31. The van der Waals surface area contributed by atoms with E-state index < -0.39 is 0 Å². The van der Waals surface area contributed by atoms with E-state index in [1.165, 1.54) is 11.1 Å². The number of rotatable bonds is 4. The topological polar surface area (TPSA) is 61.4 Å². The first-order valence-corrected chi connectivity index (χ1v) is 7.96. The lowest BCUT2D eigenvalue weighted by atomic mass is 10.1. The van der Waals surface area contributed by atoms with Gasteiger partial charge in [0.2, 0.25) is 5.91 Å². The Morgan fingerprint density at radius 2 is 1.88 bits per heavy atom. The van der Waals surface area contributed by atoms with Gasteiger partial charge in [-0.3, -0.25) is 14.5 Å². The fourth-order valence-electron chi connectivity index (χ4n) is 2.90. The van der Waals surface area contributed by atoms with E-state index in [4.69, 9.17) is 0 Å². The number of nitrogens with one attached hydrogen (secondary N) is 2. The molecule has 0 saturated carbocycles. The van der Waals surface area contributed by atoms with Crippen LogP contribution in [-0.4, -0.2) is 30.3 Å². The summed E-state index contributed by atoms with van der Waals surface area (Å²) < 4.78 is 0. The molecule has 0 atom stereocenters. The number of amides is 2. The zero-order chi connectivity index (χ0) is 17.1. The quantitative estimate of drug-likeness (QED) is 0.908. The van der Waals surface area contributed by atoms with E-state index in [9.17, 15) is 9.59 Å². The summed E-state index contributed by atoms with van der Waals surface area (Å²) in [7, 11) is 2.07. The molecule has 5 nitrogen and oxygen atoms in total. The van der Waals surface area contributed by atoms with Gasteiger partial charge in [-0.1, -0.05) is 23.8 Å². The van der Waals surface area contributed by atoms with E-state index in [1.807, 2.05) is 37.3 Å². The van der Waals surface area contributed by atoms with E-state index in [2.05, 4.69) is 22.6 Å². The number of anilines is 1. The molecule has 5 heteroatoms. The molecule has 124 valence electrons. The van der Waals surface area contributed by atoms with Crippen LogP contribution >= 0.6 is 0 Å². The Balaban J connectivity index is 1.55. The fraction of sp³-hybridized carbons (Fsp3) is 0.263. The van der Waals surface area contributed by atoms with Crippen molar-refractivity contribution in [1.82, 2.24) is 10.2 Å². The summed E-state index contributed by atoms with van der Waals surface area (Å²) in [4.78, 5) is 26.3.